The predicted octanol–water partition coefficient (Wildman–Crippen LogP) is 31.3. The normalized spacial score (nSPS) is 12.1. The molecule has 0 saturated carbocycles. The van der Waals surface area contributed by atoms with Gasteiger partial charge >= 0.3 is 0 Å². The molecule has 6 heterocycles. The largest absolute Gasteiger partial charge is 0.309 e. The summed E-state index contributed by atoms with van der Waals surface area (Å²) < 4.78 is 10.00. The van der Waals surface area contributed by atoms with Crippen LogP contribution in [0.1, 0.15) is 0 Å². The van der Waals surface area contributed by atoms with Crippen molar-refractivity contribution in [2.45, 2.75) is 0 Å². The molecular formula is C122H72N10. The van der Waals surface area contributed by atoms with Gasteiger partial charge in [-0.25, -0.2) is 29.9 Å². The number of hydrogen-bond donors (Lipinski definition) is 0. The van der Waals surface area contributed by atoms with Gasteiger partial charge in [0.05, 0.1) is 55.5 Å². The van der Waals surface area contributed by atoms with E-state index in [0.717, 1.165) is 186 Å². The molecular weight excluding hydrogens is 1610 g/mol. The second-order valence-electron chi connectivity index (χ2n) is 34.8. The van der Waals surface area contributed by atoms with Crippen molar-refractivity contribution in [3.63, 3.8) is 0 Å². The lowest BCUT2D eigenvalue weighted by Crippen LogP contribution is -2.04. The number of nitrogens with zero attached hydrogens (tertiary/aromatic N) is 10. The van der Waals surface area contributed by atoms with Crippen molar-refractivity contribution in [1.29, 1.82) is 0 Å². The van der Waals surface area contributed by atoms with Crippen LogP contribution in [-0.2, 0) is 0 Å². The van der Waals surface area contributed by atoms with Crippen LogP contribution in [0, 0.1) is 0 Å². The molecule has 0 fully saturated rings. The summed E-state index contributed by atoms with van der Waals surface area (Å²) >= 11 is 0. The van der Waals surface area contributed by atoms with E-state index >= 15 is 0 Å². The molecule has 0 saturated heterocycles. The first-order valence-electron chi connectivity index (χ1n) is 44.9. The first-order chi connectivity index (χ1) is 65.4. The van der Waals surface area contributed by atoms with E-state index in [2.05, 4.69) is 437 Å². The molecule has 28 aromatic rings. The van der Waals surface area contributed by atoms with E-state index in [0.29, 0.717) is 34.9 Å². The zero-order chi connectivity index (χ0) is 86.3. The van der Waals surface area contributed by atoms with Crippen molar-refractivity contribution >= 4 is 173 Å². The van der Waals surface area contributed by atoms with Gasteiger partial charge in [0.25, 0.3) is 0 Å². The topological polar surface area (TPSA) is 97.1 Å². The molecule has 10 heteroatoms. The lowest BCUT2D eigenvalue weighted by Gasteiger charge is -2.18. The van der Waals surface area contributed by atoms with Crippen LogP contribution in [0.3, 0.4) is 0 Å². The molecule has 0 amide bonds. The summed E-state index contributed by atoms with van der Waals surface area (Å²) in [7, 11) is 0. The number of aromatic nitrogens is 10. The fourth-order valence-corrected chi connectivity index (χ4v) is 21.5. The first-order valence-corrected chi connectivity index (χ1v) is 44.9. The Morgan fingerprint density at radius 3 is 1.27 bits per heavy atom. The zero-order valence-corrected chi connectivity index (χ0v) is 71.0. The van der Waals surface area contributed by atoms with Gasteiger partial charge in [0, 0.05) is 109 Å². The van der Waals surface area contributed by atoms with Gasteiger partial charge in [0.2, 0.25) is 0 Å². The van der Waals surface area contributed by atoms with Gasteiger partial charge in [-0.1, -0.05) is 346 Å². The maximum Gasteiger partial charge on any atom is 0.166 e. The second kappa shape index (κ2) is 28.8. The van der Waals surface area contributed by atoms with E-state index in [9.17, 15) is 0 Å². The van der Waals surface area contributed by atoms with Gasteiger partial charge in [-0.3, -0.25) is 0 Å². The van der Waals surface area contributed by atoms with E-state index in [1.807, 2.05) is 18.2 Å². The number of rotatable bonds is 11. The minimum Gasteiger partial charge on any atom is -0.309 e. The highest BCUT2D eigenvalue weighted by Crippen LogP contribution is 2.50. The van der Waals surface area contributed by atoms with E-state index < -0.39 is 0 Å². The Labute approximate surface area is 755 Å². The molecule has 0 N–H and O–H groups in total. The van der Waals surface area contributed by atoms with Crippen molar-refractivity contribution in [3.05, 3.63) is 437 Å². The minimum absolute atomic E-state index is 0.578. The monoisotopic (exact) mass is 1680 g/mol. The molecule has 0 unspecified atom stereocenters. The van der Waals surface area contributed by atoms with Crippen molar-refractivity contribution in [2.24, 2.45) is 0 Å². The average Bonchev–Trinajstić information content (AvgIpc) is 1.54. The molecule has 610 valence electrons. The lowest BCUT2D eigenvalue weighted by molar-refractivity contribution is 1.07. The molecule has 0 radical (unpaired) electrons. The molecule has 0 atom stereocenters. The van der Waals surface area contributed by atoms with Crippen LogP contribution < -0.4 is 0 Å². The summed E-state index contributed by atoms with van der Waals surface area (Å²) in [6, 6.07) is 159. The highest BCUT2D eigenvalue weighted by atomic mass is 15.1. The lowest BCUT2D eigenvalue weighted by atomic mass is 9.94. The van der Waals surface area contributed by atoms with Gasteiger partial charge in [-0.05, 0) is 167 Å². The van der Waals surface area contributed by atoms with Crippen LogP contribution in [0.2, 0.25) is 0 Å². The Morgan fingerprint density at radius 1 is 0.144 bits per heavy atom. The molecule has 0 bridgehead atoms. The Hall–Kier alpha value is -17.9. The molecule has 28 rings (SSSR count). The molecule has 0 aliphatic rings. The molecule has 22 aromatic carbocycles. The van der Waals surface area contributed by atoms with E-state index in [-0.39, 0.29) is 0 Å². The van der Waals surface area contributed by atoms with Gasteiger partial charge in [0.15, 0.2) is 34.9 Å². The third kappa shape index (κ3) is 11.3. The molecule has 132 heavy (non-hydrogen) atoms. The Kier molecular flexibility index (Phi) is 16.0. The van der Waals surface area contributed by atoms with Gasteiger partial charge in [0.1, 0.15) is 0 Å². The van der Waals surface area contributed by atoms with Crippen LogP contribution in [0.15, 0.2) is 437 Å². The summed E-state index contributed by atoms with van der Waals surface area (Å²) in [6.45, 7) is 0. The summed E-state index contributed by atoms with van der Waals surface area (Å²) in [6.07, 6.45) is 0. The van der Waals surface area contributed by atoms with Gasteiger partial charge < -0.3 is 18.3 Å². The van der Waals surface area contributed by atoms with Gasteiger partial charge in [-0.15, -0.1) is 0 Å². The maximum absolute atomic E-state index is 5.51. The van der Waals surface area contributed by atoms with Crippen molar-refractivity contribution < 1.29 is 0 Å². The second-order valence-corrected chi connectivity index (χ2v) is 34.8. The molecule has 0 spiro atoms. The quantitative estimate of drug-likeness (QED) is 0.128. The molecule has 6 aromatic heterocycles. The van der Waals surface area contributed by atoms with Crippen LogP contribution in [0.5, 0.6) is 0 Å². The first kappa shape index (κ1) is 73.3. The Morgan fingerprint density at radius 2 is 0.561 bits per heavy atom. The summed E-state index contributed by atoms with van der Waals surface area (Å²) in [5.41, 5.74) is 20.8. The molecule has 10 nitrogen and oxygen atoms in total. The van der Waals surface area contributed by atoms with E-state index in [1.54, 1.807) is 0 Å². The minimum atomic E-state index is 0.578. The number of hydrogen-bond acceptors (Lipinski definition) is 6. The summed E-state index contributed by atoms with van der Waals surface area (Å²) in [5, 5.41) is 27.5. The molecule has 0 aliphatic carbocycles. The number of para-hydroxylation sites is 3. The zero-order valence-electron chi connectivity index (χ0n) is 71.0. The van der Waals surface area contributed by atoms with Crippen LogP contribution in [-0.4, -0.2) is 48.2 Å². The maximum atomic E-state index is 5.51. The summed E-state index contributed by atoms with van der Waals surface area (Å²) in [5.74, 6) is 3.54. The fourth-order valence-electron chi connectivity index (χ4n) is 21.5. The smallest absolute Gasteiger partial charge is 0.166 e. The standard InChI is InChI=1S/C122H72N10/c1-2-29-79(30-3-1)117-123-119(85-55-49-73-25-4-5-31-81(73)65-85)128-122(126-117)101-63-59-77-28-10-14-38-92(77)114(101)131-109-64-61-89(71-104(109)103-68-82-32-6-7-33-83(82)69-110(103)131)130-106-46-21-19-42-96(106)105-72-102(94-40-16-17-43-97(94)115(105)130)78-51-53-80(54-52-78)118-124-120(127-121(125-118)99-45-24-35-75-26-8-12-36-90(75)99)86-56-50-74-57-60-88(67-87(74)66-86)129-108-48-23-20-44-100(108)112-111(129)70-84-34-11-15-39-93(84)116(112)132-107-47-22-18-41-95(107)98-62-58-76-27-9-13-37-91(76)113(98)132/h1-72H. The highest BCUT2D eigenvalue weighted by Gasteiger charge is 2.29. The van der Waals surface area contributed by atoms with Crippen molar-refractivity contribution in [2.75, 3.05) is 0 Å². The van der Waals surface area contributed by atoms with Gasteiger partial charge in [-0.2, -0.15) is 0 Å². The SMILES string of the molecule is c1ccc(-c2nc(-c3ccc4ccccc4c3)nc(-c3ccc4ccccc4c3-n3c4ccc(-n5c6ccccc6c6cc(-c7ccc(-c8nc(-c9ccc%10ccc(-n%11c%12ccccc%12c%12c(-n%13c%14ccccc%14c%14ccc%15ccccc%15c%14%13)c%13ccccc%13cc%12%11)cc%10c9)nc(-c9cccc%10ccccc9%10)n8)cc7)c7ccccc7c65)cc4c4cc5ccccc5cc43)n2)cc1. The summed E-state index contributed by atoms with van der Waals surface area (Å²) in [4.78, 5) is 32.7. The van der Waals surface area contributed by atoms with E-state index in [4.69, 9.17) is 29.9 Å². The third-order valence-electron chi connectivity index (χ3n) is 27.5. The van der Waals surface area contributed by atoms with Crippen molar-refractivity contribution in [3.8, 4) is 102 Å². The average molecular weight is 1680 g/mol. The number of fused-ring (bicyclic) bond motifs is 22. The Balaban J connectivity index is 0.580. The molecule has 0 aliphatic heterocycles. The Bertz CT molecular complexity index is 9820. The highest BCUT2D eigenvalue weighted by molar-refractivity contribution is 6.27. The third-order valence-corrected chi connectivity index (χ3v) is 27.5. The van der Waals surface area contributed by atoms with Crippen LogP contribution in [0.25, 0.3) is 276 Å². The van der Waals surface area contributed by atoms with Crippen LogP contribution in [0.4, 0.5) is 0 Å². The van der Waals surface area contributed by atoms with E-state index in [1.165, 1.54) is 54.4 Å². The predicted molar refractivity (Wildman–Crippen MR) is 549 cm³/mol. The fraction of sp³-hybridized carbons (Fsp3) is 0. The van der Waals surface area contributed by atoms with Crippen molar-refractivity contribution in [1.82, 2.24) is 48.2 Å². The number of benzene rings is 22. The van der Waals surface area contributed by atoms with Crippen LogP contribution >= 0.6 is 0 Å².